The number of hydrogen-bond acceptors (Lipinski definition) is 9. The van der Waals surface area contributed by atoms with Crippen LogP contribution in [-0.4, -0.2) is 36.1 Å². The molecule has 0 aliphatic carbocycles. The van der Waals surface area contributed by atoms with E-state index in [1.54, 1.807) is 29.1 Å². The highest BCUT2D eigenvalue weighted by Gasteiger charge is 2.25. The van der Waals surface area contributed by atoms with Crippen LogP contribution in [-0.2, 0) is 6.61 Å². The average molecular weight is 457 g/mol. The molecule has 0 bridgehead atoms. The van der Waals surface area contributed by atoms with Crippen LogP contribution in [0.3, 0.4) is 0 Å². The number of hydrogen-bond donors (Lipinski definition) is 1. The summed E-state index contributed by atoms with van der Waals surface area (Å²) in [6, 6.07) is 7.40. The number of carbonyl (C=O) groups is 1. The summed E-state index contributed by atoms with van der Waals surface area (Å²) in [6.45, 7) is 1.15. The van der Waals surface area contributed by atoms with Crippen LogP contribution in [0.25, 0.3) is 0 Å². The Morgan fingerprint density at radius 2 is 2.03 bits per heavy atom. The highest BCUT2D eigenvalue weighted by Crippen LogP contribution is 2.36. The van der Waals surface area contributed by atoms with E-state index in [0.29, 0.717) is 36.1 Å². The van der Waals surface area contributed by atoms with Gasteiger partial charge in [0.25, 0.3) is 11.6 Å². The number of ether oxygens (including phenoxy) is 4. The van der Waals surface area contributed by atoms with Crippen molar-refractivity contribution in [3.8, 4) is 23.0 Å². The number of nitrogens with zero attached hydrogens (tertiary/aromatic N) is 2. The molecule has 1 aromatic heterocycles. The quantitative estimate of drug-likeness (QED) is 0.416. The van der Waals surface area contributed by atoms with E-state index in [4.69, 9.17) is 18.9 Å². The summed E-state index contributed by atoms with van der Waals surface area (Å²) in [5, 5.41) is 16.1. The van der Waals surface area contributed by atoms with Crippen molar-refractivity contribution in [3.63, 3.8) is 0 Å². The molecule has 10 nitrogen and oxygen atoms in total. The van der Waals surface area contributed by atoms with Gasteiger partial charge in [-0.1, -0.05) is 0 Å². The van der Waals surface area contributed by atoms with Gasteiger partial charge in [-0.3, -0.25) is 14.9 Å². The van der Waals surface area contributed by atoms with Crippen molar-refractivity contribution in [2.75, 3.05) is 25.6 Å². The molecule has 0 spiro atoms. The van der Waals surface area contributed by atoms with Gasteiger partial charge in [0.2, 0.25) is 0 Å². The summed E-state index contributed by atoms with van der Waals surface area (Å²) in [4.78, 5) is 28.1. The molecule has 1 amide bonds. The zero-order valence-corrected chi connectivity index (χ0v) is 17.8. The second-order valence-electron chi connectivity index (χ2n) is 6.71. The van der Waals surface area contributed by atoms with E-state index >= 15 is 0 Å². The standard InChI is InChI=1S/C21H19N3O7S/c1-28-18-8-15(16(24(26)27)9-20(18)31-10-14-11-32-12-22-14)21(25)23-13-3-4-17-19(7-13)30-6-2-5-29-17/h3-4,7-9,11-12H,2,5-6,10H2,1H3,(H,23,25). The number of thiazole rings is 1. The number of fused-ring (bicyclic) bond motifs is 1. The molecule has 0 atom stereocenters. The Morgan fingerprint density at radius 3 is 2.75 bits per heavy atom. The molecule has 0 unspecified atom stereocenters. The maximum atomic E-state index is 12.9. The Morgan fingerprint density at radius 1 is 1.22 bits per heavy atom. The summed E-state index contributed by atoms with van der Waals surface area (Å²) in [6.07, 6.45) is 0.749. The minimum atomic E-state index is -0.671. The molecule has 4 rings (SSSR count). The van der Waals surface area contributed by atoms with Gasteiger partial charge in [-0.05, 0) is 12.1 Å². The van der Waals surface area contributed by atoms with E-state index in [-0.39, 0.29) is 23.7 Å². The van der Waals surface area contributed by atoms with Crippen molar-refractivity contribution in [1.29, 1.82) is 0 Å². The molecule has 32 heavy (non-hydrogen) atoms. The second kappa shape index (κ2) is 9.52. The number of nitro groups is 1. The maximum Gasteiger partial charge on any atom is 0.286 e. The van der Waals surface area contributed by atoms with Crippen molar-refractivity contribution in [2.45, 2.75) is 13.0 Å². The summed E-state index contributed by atoms with van der Waals surface area (Å²) >= 11 is 1.41. The number of methoxy groups -OCH3 is 1. The number of carbonyl (C=O) groups excluding carboxylic acids is 1. The first-order valence-corrected chi connectivity index (χ1v) is 10.6. The third-order valence-electron chi connectivity index (χ3n) is 4.59. The van der Waals surface area contributed by atoms with Crippen LogP contribution >= 0.6 is 11.3 Å². The van der Waals surface area contributed by atoms with Gasteiger partial charge >= 0.3 is 0 Å². The van der Waals surface area contributed by atoms with Crippen molar-refractivity contribution < 1.29 is 28.7 Å². The van der Waals surface area contributed by atoms with Crippen LogP contribution < -0.4 is 24.3 Å². The zero-order valence-electron chi connectivity index (χ0n) is 17.0. The van der Waals surface area contributed by atoms with Crippen LogP contribution in [0.15, 0.2) is 41.2 Å². The molecule has 0 saturated heterocycles. The Kier molecular flexibility index (Phi) is 6.36. The molecule has 11 heteroatoms. The fourth-order valence-corrected chi connectivity index (χ4v) is 3.60. The highest BCUT2D eigenvalue weighted by atomic mass is 32.1. The van der Waals surface area contributed by atoms with Gasteiger partial charge in [0.1, 0.15) is 12.2 Å². The van der Waals surface area contributed by atoms with E-state index in [2.05, 4.69) is 10.3 Å². The number of aromatic nitrogens is 1. The minimum Gasteiger partial charge on any atom is -0.493 e. The predicted octanol–water partition coefficient (Wildman–Crippen LogP) is 4.05. The molecule has 3 aromatic rings. The molecule has 0 saturated carbocycles. The van der Waals surface area contributed by atoms with Crippen LogP contribution in [0.2, 0.25) is 0 Å². The van der Waals surface area contributed by atoms with Gasteiger partial charge in [-0.15, -0.1) is 11.3 Å². The molecule has 0 radical (unpaired) electrons. The smallest absolute Gasteiger partial charge is 0.286 e. The van der Waals surface area contributed by atoms with E-state index in [1.807, 2.05) is 0 Å². The lowest BCUT2D eigenvalue weighted by atomic mass is 10.1. The Bertz CT molecular complexity index is 1130. The normalized spacial score (nSPS) is 12.5. The first-order chi connectivity index (χ1) is 15.5. The first-order valence-electron chi connectivity index (χ1n) is 9.62. The molecule has 1 N–H and O–H groups in total. The van der Waals surface area contributed by atoms with Crippen LogP contribution in [0, 0.1) is 10.1 Å². The molecular weight excluding hydrogens is 438 g/mol. The maximum absolute atomic E-state index is 12.9. The number of anilines is 1. The summed E-state index contributed by atoms with van der Waals surface area (Å²) in [7, 11) is 1.39. The third-order valence-corrected chi connectivity index (χ3v) is 5.22. The number of nitrogens with one attached hydrogen (secondary N) is 1. The van der Waals surface area contributed by atoms with Gasteiger partial charge < -0.3 is 24.3 Å². The predicted molar refractivity (Wildman–Crippen MR) is 116 cm³/mol. The van der Waals surface area contributed by atoms with E-state index in [1.165, 1.54) is 30.6 Å². The summed E-state index contributed by atoms with van der Waals surface area (Å²) < 4.78 is 22.1. The van der Waals surface area contributed by atoms with Crippen LogP contribution in [0.5, 0.6) is 23.0 Å². The van der Waals surface area contributed by atoms with E-state index < -0.39 is 16.5 Å². The molecule has 2 heterocycles. The van der Waals surface area contributed by atoms with Crippen molar-refractivity contribution in [1.82, 2.24) is 4.98 Å². The van der Waals surface area contributed by atoms with Gasteiger partial charge in [-0.25, -0.2) is 4.98 Å². The summed E-state index contributed by atoms with van der Waals surface area (Å²) in [5.74, 6) is 0.734. The fourth-order valence-electron chi connectivity index (χ4n) is 3.05. The largest absolute Gasteiger partial charge is 0.493 e. The average Bonchev–Trinajstić information content (AvgIpc) is 3.21. The first kappa shape index (κ1) is 21.4. The molecular formula is C21H19N3O7S. The highest BCUT2D eigenvalue weighted by molar-refractivity contribution is 7.07. The molecule has 1 aliphatic rings. The van der Waals surface area contributed by atoms with Crippen LogP contribution in [0.1, 0.15) is 22.5 Å². The van der Waals surface area contributed by atoms with Crippen molar-refractivity contribution >= 4 is 28.6 Å². The topological polar surface area (TPSA) is 122 Å². The molecule has 166 valence electrons. The lowest BCUT2D eigenvalue weighted by Gasteiger charge is -2.13. The van der Waals surface area contributed by atoms with E-state index in [0.717, 1.165) is 6.42 Å². The molecule has 2 aromatic carbocycles. The monoisotopic (exact) mass is 457 g/mol. The second-order valence-corrected chi connectivity index (χ2v) is 7.43. The molecule has 0 fully saturated rings. The third kappa shape index (κ3) is 4.72. The Labute approximate surface area is 186 Å². The van der Waals surface area contributed by atoms with Crippen molar-refractivity contribution in [3.05, 3.63) is 62.6 Å². The summed E-state index contributed by atoms with van der Waals surface area (Å²) in [5.41, 5.74) is 2.17. The van der Waals surface area contributed by atoms with Crippen LogP contribution in [0.4, 0.5) is 11.4 Å². The zero-order chi connectivity index (χ0) is 22.5. The minimum absolute atomic E-state index is 0.111. The Hall–Kier alpha value is -3.86. The lowest BCUT2D eigenvalue weighted by Crippen LogP contribution is -2.14. The number of benzene rings is 2. The Balaban J connectivity index is 1.59. The van der Waals surface area contributed by atoms with Gasteiger partial charge in [0, 0.05) is 29.6 Å². The SMILES string of the molecule is COc1cc(C(=O)Nc2ccc3c(c2)OCCCO3)c([N+](=O)[O-])cc1OCc1cscn1. The van der Waals surface area contributed by atoms with Gasteiger partial charge in [0.05, 0.1) is 42.5 Å². The van der Waals surface area contributed by atoms with Gasteiger partial charge in [-0.2, -0.15) is 0 Å². The number of amides is 1. The number of nitro benzene ring substituents is 1. The van der Waals surface area contributed by atoms with Crippen molar-refractivity contribution in [2.24, 2.45) is 0 Å². The number of rotatable bonds is 7. The van der Waals surface area contributed by atoms with E-state index in [9.17, 15) is 14.9 Å². The lowest BCUT2D eigenvalue weighted by molar-refractivity contribution is -0.385. The molecule has 1 aliphatic heterocycles. The van der Waals surface area contributed by atoms with Gasteiger partial charge in [0.15, 0.2) is 23.0 Å². The fraction of sp³-hybridized carbons (Fsp3) is 0.238.